The minimum absolute atomic E-state index is 0.0607. The van der Waals surface area contributed by atoms with E-state index in [0.29, 0.717) is 40.8 Å². The molecule has 4 heterocycles. The number of rotatable bonds is 5. The van der Waals surface area contributed by atoms with Gasteiger partial charge in [0, 0.05) is 11.3 Å². The molecule has 0 unspecified atom stereocenters. The highest BCUT2D eigenvalue weighted by molar-refractivity contribution is 7.99. The lowest BCUT2D eigenvalue weighted by molar-refractivity contribution is -0.115. The second-order valence-electron chi connectivity index (χ2n) is 8.12. The summed E-state index contributed by atoms with van der Waals surface area (Å²) in [5, 5.41) is 9.72. The minimum Gasteiger partial charge on any atom is -0.497 e. The number of hydrogen-bond donors (Lipinski definition) is 1. The van der Waals surface area contributed by atoms with Gasteiger partial charge < -0.3 is 15.2 Å². The van der Waals surface area contributed by atoms with Gasteiger partial charge >= 0.3 is 0 Å². The molecule has 166 valence electrons. The van der Waals surface area contributed by atoms with E-state index in [4.69, 9.17) is 15.2 Å². The highest BCUT2D eigenvalue weighted by Gasteiger charge is 2.32. The summed E-state index contributed by atoms with van der Waals surface area (Å²) < 4.78 is 14.6. The molecule has 0 saturated carbocycles. The molecule has 0 bridgehead atoms. The van der Waals surface area contributed by atoms with Crippen LogP contribution in [-0.4, -0.2) is 43.5 Å². The molecule has 1 aliphatic heterocycles. The first-order valence-corrected chi connectivity index (χ1v) is 11.7. The number of carbonyl (C=O) groups excluding carboxylic acids is 1. The minimum atomic E-state index is -0.452. The van der Waals surface area contributed by atoms with Gasteiger partial charge in [-0.3, -0.25) is 9.59 Å². The van der Waals surface area contributed by atoms with Crippen LogP contribution in [0.4, 0.5) is 0 Å². The zero-order valence-electron chi connectivity index (χ0n) is 17.7. The first-order chi connectivity index (χ1) is 15.3. The van der Waals surface area contributed by atoms with Gasteiger partial charge in [0.25, 0.3) is 5.56 Å². The average Bonchev–Trinajstić information content (AvgIpc) is 3.33. The van der Waals surface area contributed by atoms with E-state index in [9.17, 15) is 9.59 Å². The number of nitrogens with zero attached hydrogens (tertiary/aromatic N) is 4. The fourth-order valence-electron chi connectivity index (χ4n) is 3.90. The lowest BCUT2D eigenvalue weighted by atomic mass is 9.94. The molecule has 0 spiro atoms. The van der Waals surface area contributed by atoms with Crippen LogP contribution in [0.3, 0.4) is 0 Å². The van der Waals surface area contributed by atoms with E-state index in [1.165, 1.54) is 23.1 Å². The van der Waals surface area contributed by atoms with Crippen LogP contribution < -0.4 is 16.0 Å². The van der Waals surface area contributed by atoms with Gasteiger partial charge in [0.15, 0.2) is 5.16 Å². The Kier molecular flexibility index (Phi) is 4.99. The zero-order valence-corrected chi connectivity index (χ0v) is 19.4. The number of nitrogens with two attached hydrogens (primary N) is 1. The summed E-state index contributed by atoms with van der Waals surface area (Å²) in [6, 6.07) is 7.20. The fourth-order valence-corrected chi connectivity index (χ4v) is 5.85. The van der Waals surface area contributed by atoms with Gasteiger partial charge in [0.05, 0.1) is 36.1 Å². The van der Waals surface area contributed by atoms with Gasteiger partial charge in [-0.2, -0.15) is 0 Å². The molecule has 3 aromatic heterocycles. The van der Waals surface area contributed by atoms with Gasteiger partial charge in [0.2, 0.25) is 11.7 Å². The summed E-state index contributed by atoms with van der Waals surface area (Å²) in [7, 11) is 1.59. The largest absolute Gasteiger partial charge is 0.497 e. The number of hydrogen-bond acceptors (Lipinski definition) is 8. The predicted molar refractivity (Wildman–Crippen MR) is 123 cm³/mol. The van der Waals surface area contributed by atoms with E-state index < -0.39 is 5.91 Å². The SMILES string of the molecule is COc1ccc(-n2c(=O)c3c4c(sc3n3c(SCC(N)=O)nnc23)COC(C)(C)C4)cc1. The Morgan fingerprint density at radius 1 is 1.31 bits per heavy atom. The molecular formula is C21H21N5O4S2. The summed E-state index contributed by atoms with van der Waals surface area (Å²) in [6.07, 6.45) is 0.623. The quantitative estimate of drug-likeness (QED) is 0.445. The monoisotopic (exact) mass is 471 g/mol. The van der Waals surface area contributed by atoms with E-state index >= 15 is 0 Å². The number of methoxy groups -OCH3 is 1. The molecule has 1 aliphatic rings. The lowest BCUT2D eigenvalue weighted by Crippen LogP contribution is -2.32. The number of ether oxygens (including phenoxy) is 2. The third-order valence-electron chi connectivity index (χ3n) is 5.38. The van der Waals surface area contributed by atoms with Crippen molar-refractivity contribution in [1.29, 1.82) is 0 Å². The van der Waals surface area contributed by atoms with Crippen LogP contribution >= 0.6 is 23.1 Å². The van der Waals surface area contributed by atoms with Crippen molar-refractivity contribution < 1.29 is 14.3 Å². The van der Waals surface area contributed by atoms with Gasteiger partial charge in [-0.05, 0) is 43.7 Å². The average molecular weight is 472 g/mol. The molecule has 0 fully saturated rings. The summed E-state index contributed by atoms with van der Waals surface area (Å²) >= 11 is 2.70. The van der Waals surface area contributed by atoms with Crippen LogP contribution in [-0.2, 0) is 22.6 Å². The van der Waals surface area contributed by atoms with Crippen molar-refractivity contribution in [2.45, 2.75) is 37.6 Å². The molecule has 5 rings (SSSR count). The Morgan fingerprint density at radius 2 is 2.06 bits per heavy atom. The maximum Gasteiger partial charge on any atom is 0.268 e. The number of primary amides is 1. The topological polar surface area (TPSA) is 114 Å². The Bertz CT molecular complexity index is 1420. The van der Waals surface area contributed by atoms with E-state index in [0.717, 1.165) is 15.3 Å². The molecule has 11 heteroatoms. The van der Waals surface area contributed by atoms with Crippen molar-refractivity contribution >= 4 is 45.0 Å². The highest BCUT2D eigenvalue weighted by atomic mass is 32.2. The summed E-state index contributed by atoms with van der Waals surface area (Å²) in [4.78, 5) is 27.0. The van der Waals surface area contributed by atoms with Gasteiger partial charge in [-0.15, -0.1) is 21.5 Å². The van der Waals surface area contributed by atoms with Gasteiger partial charge in [0.1, 0.15) is 10.6 Å². The van der Waals surface area contributed by atoms with E-state index in [1.807, 2.05) is 30.4 Å². The van der Waals surface area contributed by atoms with Crippen molar-refractivity contribution in [3.8, 4) is 11.4 Å². The molecule has 0 saturated heterocycles. The molecule has 4 aromatic rings. The van der Waals surface area contributed by atoms with Crippen molar-refractivity contribution in [1.82, 2.24) is 19.2 Å². The number of benzene rings is 1. The van der Waals surface area contributed by atoms with E-state index in [2.05, 4.69) is 10.2 Å². The fraction of sp³-hybridized carbons (Fsp3) is 0.333. The maximum atomic E-state index is 13.9. The Labute approximate surface area is 191 Å². The standard InChI is InChI=1S/C21H21N5O4S2/c1-21(2)8-13-14(9-30-21)32-18-16(13)17(28)25(11-4-6-12(29-3)7-5-11)19-23-24-20(26(18)19)31-10-15(22)27/h4-7H,8-10H2,1-3H3,(H2,22,27). The summed E-state index contributed by atoms with van der Waals surface area (Å²) in [5.41, 5.74) is 6.46. The normalized spacial score (nSPS) is 15.2. The second kappa shape index (κ2) is 7.61. The lowest BCUT2D eigenvalue weighted by Gasteiger charge is -2.29. The van der Waals surface area contributed by atoms with Gasteiger partial charge in [-0.25, -0.2) is 8.97 Å². The number of thiophene rings is 1. The number of amides is 1. The molecule has 9 nitrogen and oxygen atoms in total. The van der Waals surface area contributed by atoms with Crippen LogP contribution in [0.25, 0.3) is 21.7 Å². The zero-order chi connectivity index (χ0) is 22.6. The number of aromatic nitrogens is 4. The summed E-state index contributed by atoms with van der Waals surface area (Å²) in [6.45, 7) is 4.48. The molecule has 0 atom stereocenters. The smallest absolute Gasteiger partial charge is 0.268 e. The maximum absolute atomic E-state index is 13.9. The number of thioether (sulfide) groups is 1. The van der Waals surface area contributed by atoms with Crippen molar-refractivity contribution in [3.05, 3.63) is 45.1 Å². The predicted octanol–water partition coefficient (Wildman–Crippen LogP) is 2.53. The summed E-state index contributed by atoms with van der Waals surface area (Å²) in [5.74, 6) is 0.668. The Hall–Kier alpha value is -2.89. The van der Waals surface area contributed by atoms with Crippen LogP contribution in [0.5, 0.6) is 5.75 Å². The first-order valence-electron chi connectivity index (χ1n) is 9.93. The highest BCUT2D eigenvalue weighted by Crippen LogP contribution is 2.39. The van der Waals surface area contributed by atoms with Crippen LogP contribution in [0, 0.1) is 0 Å². The van der Waals surface area contributed by atoms with Crippen molar-refractivity contribution in [2.24, 2.45) is 5.73 Å². The Morgan fingerprint density at radius 3 is 2.75 bits per heavy atom. The number of carbonyl (C=O) groups is 1. The third-order valence-corrected chi connectivity index (χ3v) is 7.52. The number of fused-ring (bicyclic) bond motifs is 5. The van der Waals surface area contributed by atoms with Crippen LogP contribution in [0.1, 0.15) is 24.3 Å². The van der Waals surface area contributed by atoms with E-state index in [-0.39, 0.29) is 16.9 Å². The van der Waals surface area contributed by atoms with Crippen LogP contribution in [0.2, 0.25) is 0 Å². The van der Waals surface area contributed by atoms with Gasteiger partial charge in [-0.1, -0.05) is 11.8 Å². The third kappa shape index (κ3) is 3.37. The molecular weight excluding hydrogens is 450 g/mol. The molecule has 0 aliphatic carbocycles. The molecule has 1 aromatic carbocycles. The molecule has 1 amide bonds. The van der Waals surface area contributed by atoms with Crippen molar-refractivity contribution in [3.63, 3.8) is 0 Å². The molecule has 0 radical (unpaired) electrons. The van der Waals surface area contributed by atoms with E-state index in [1.54, 1.807) is 23.8 Å². The Balaban J connectivity index is 1.85. The van der Waals surface area contributed by atoms with Crippen LogP contribution in [0.15, 0.2) is 34.2 Å². The van der Waals surface area contributed by atoms with Crippen molar-refractivity contribution in [2.75, 3.05) is 12.9 Å². The first kappa shape index (κ1) is 21.0. The second-order valence-corrected chi connectivity index (χ2v) is 10.1. The molecule has 2 N–H and O–H groups in total. The molecule has 32 heavy (non-hydrogen) atoms.